The fourth-order valence-corrected chi connectivity index (χ4v) is 3.21. The maximum absolute atomic E-state index is 3.66. The molecule has 1 aliphatic rings. The molecule has 0 spiro atoms. The van der Waals surface area contributed by atoms with E-state index in [9.17, 15) is 0 Å². The fourth-order valence-electron chi connectivity index (χ4n) is 2.25. The van der Waals surface area contributed by atoms with Crippen LogP contribution in [0.2, 0.25) is 0 Å². The van der Waals surface area contributed by atoms with Crippen LogP contribution in [0.15, 0.2) is 11.4 Å². The van der Waals surface area contributed by atoms with Gasteiger partial charge in [0.2, 0.25) is 0 Å². The Balaban J connectivity index is 1.79. The summed E-state index contributed by atoms with van der Waals surface area (Å²) in [6.07, 6.45) is 2.78. The van der Waals surface area contributed by atoms with Crippen LogP contribution < -0.4 is 5.32 Å². The maximum Gasteiger partial charge on any atom is 0.0389 e. The van der Waals surface area contributed by atoms with Crippen LogP contribution in [-0.4, -0.2) is 30.6 Å². The van der Waals surface area contributed by atoms with E-state index in [-0.39, 0.29) is 0 Å². The minimum atomic E-state index is 0.477. The van der Waals surface area contributed by atoms with Gasteiger partial charge in [0.05, 0.1) is 0 Å². The lowest BCUT2D eigenvalue weighted by Gasteiger charge is -2.26. The molecule has 0 aliphatic heterocycles. The molecule has 2 atom stereocenters. The van der Waals surface area contributed by atoms with Crippen LogP contribution in [0.25, 0.3) is 0 Å². The van der Waals surface area contributed by atoms with Gasteiger partial charge in [-0.25, -0.2) is 0 Å². The minimum Gasteiger partial charge on any atom is -0.308 e. The molecule has 1 aliphatic carbocycles. The molecule has 2 nitrogen and oxygen atoms in total. The van der Waals surface area contributed by atoms with Gasteiger partial charge in [-0.3, -0.25) is 4.90 Å². The highest BCUT2D eigenvalue weighted by atomic mass is 32.1. The van der Waals surface area contributed by atoms with Crippen molar-refractivity contribution in [2.24, 2.45) is 0 Å². The summed E-state index contributed by atoms with van der Waals surface area (Å²) in [7, 11) is 2.26. The highest BCUT2D eigenvalue weighted by Crippen LogP contribution is 2.27. The first kappa shape index (κ1) is 13.1. The molecule has 1 N–H and O–H groups in total. The lowest BCUT2D eigenvalue weighted by Crippen LogP contribution is -2.39. The van der Waals surface area contributed by atoms with E-state index in [1.807, 2.05) is 11.3 Å². The van der Waals surface area contributed by atoms with E-state index in [1.54, 1.807) is 0 Å². The van der Waals surface area contributed by atoms with E-state index in [0.717, 1.165) is 12.6 Å². The van der Waals surface area contributed by atoms with E-state index in [4.69, 9.17) is 0 Å². The second-order valence-corrected chi connectivity index (χ2v) is 6.29. The predicted octanol–water partition coefficient (Wildman–Crippen LogP) is 3.19. The third-order valence-corrected chi connectivity index (χ3v) is 5.03. The van der Waals surface area contributed by atoms with E-state index in [2.05, 4.69) is 49.5 Å². The summed E-state index contributed by atoms with van der Waals surface area (Å²) in [5, 5.41) is 5.84. The van der Waals surface area contributed by atoms with Crippen molar-refractivity contribution in [1.29, 1.82) is 0 Å². The van der Waals surface area contributed by atoms with Gasteiger partial charge < -0.3 is 5.32 Å². The highest BCUT2D eigenvalue weighted by molar-refractivity contribution is 7.10. The normalized spacial score (nSPS) is 19.6. The van der Waals surface area contributed by atoms with Crippen LogP contribution in [0.1, 0.15) is 43.2 Å². The fraction of sp³-hybridized carbons (Fsp3) is 0.714. The molecule has 0 aromatic carbocycles. The minimum absolute atomic E-state index is 0.477. The largest absolute Gasteiger partial charge is 0.308 e. The number of hydrogen-bond donors (Lipinski definition) is 1. The number of aryl methyl sites for hydroxylation is 1. The molecule has 96 valence electrons. The molecule has 1 aromatic rings. The first-order valence-corrected chi connectivity index (χ1v) is 7.47. The topological polar surface area (TPSA) is 15.3 Å². The number of thiophene rings is 1. The van der Waals surface area contributed by atoms with Gasteiger partial charge in [-0.15, -0.1) is 11.3 Å². The van der Waals surface area contributed by atoms with Crippen molar-refractivity contribution in [3.8, 4) is 0 Å². The molecule has 0 saturated heterocycles. The molecule has 0 bridgehead atoms. The summed E-state index contributed by atoms with van der Waals surface area (Å²) in [6, 6.07) is 4.17. The Morgan fingerprint density at radius 1 is 1.47 bits per heavy atom. The average Bonchev–Trinajstić information content (AvgIpc) is 3.07. The molecule has 1 aromatic heterocycles. The Labute approximate surface area is 109 Å². The number of nitrogens with zero attached hydrogens (tertiary/aromatic N) is 1. The molecule has 1 fully saturated rings. The third-order valence-electron chi connectivity index (χ3n) is 3.83. The molecular weight excluding hydrogens is 228 g/mol. The highest BCUT2D eigenvalue weighted by Gasteiger charge is 2.29. The van der Waals surface area contributed by atoms with Crippen LogP contribution >= 0.6 is 11.3 Å². The lowest BCUT2D eigenvalue weighted by molar-refractivity contribution is 0.237. The van der Waals surface area contributed by atoms with Gasteiger partial charge in [0.1, 0.15) is 0 Å². The van der Waals surface area contributed by atoms with Gasteiger partial charge >= 0.3 is 0 Å². The van der Waals surface area contributed by atoms with Crippen molar-refractivity contribution in [2.75, 3.05) is 13.6 Å². The second kappa shape index (κ2) is 5.51. The Bertz CT molecular complexity index is 357. The summed E-state index contributed by atoms with van der Waals surface area (Å²) in [5.41, 5.74) is 1.42. The zero-order valence-corrected chi connectivity index (χ0v) is 12.2. The number of hydrogen-bond acceptors (Lipinski definition) is 3. The average molecular weight is 252 g/mol. The number of likely N-dealkylation sites (N-methyl/N-ethyl adjacent to an activating group) is 1. The van der Waals surface area contributed by atoms with E-state index in [1.165, 1.54) is 23.3 Å². The summed E-state index contributed by atoms with van der Waals surface area (Å²) in [5.74, 6) is 0. The Hall–Kier alpha value is -0.380. The molecule has 0 amide bonds. The molecule has 0 radical (unpaired) electrons. The van der Waals surface area contributed by atoms with Crippen LogP contribution in [0, 0.1) is 6.92 Å². The smallest absolute Gasteiger partial charge is 0.0389 e. The second-order valence-electron chi connectivity index (χ2n) is 5.34. The molecule has 1 saturated carbocycles. The third kappa shape index (κ3) is 3.30. The predicted molar refractivity (Wildman–Crippen MR) is 75.7 cm³/mol. The van der Waals surface area contributed by atoms with Crippen LogP contribution in [0.3, 0.4) is 0 Å². The number of rotatable bonds is 6. The summed E-state index contributed by atoms with van der Waals surface area (Å²) in [6.45, 7) is 7.86. The molecule has 1 heterocycles. The first-order chi connectivity index (χ1) is 8.09. The van der Waals surface area contributed by atoms with Gasteiger partial charge in [0.25, 0.3) is 0 Å². The zero-order chi connectivity index (χ0) is 12.4. The lowest BCUT2D eigenvalue weighted by atomic mass is 10.2. The van der Waals surface area contributed by atoms with Crippen LogP contribution in [0.4, 0.5) is 0 Å². The SMILES string of the molecule is Cc1ccsc1C(C)NCC(C)N(C)C1CC1. The first-order valence-electron chi connectivity index (χ1n) is 6.59. The Morgan fingerprint density at radius 3 is 2.71 bits per heavy atom. The molecule has 2 unspecified atom stereocenters. The molecule has 2 rings (SSSR count). The summed E-state index contributed by atoms with van der Waals surface area (Å²) >= 11 is 1.86. The summed E-state index contributed by atoms with van der Waals surface area (Å²) in [4.78, 5) is 3.99. The van der Waals surface area contributed by atoms with Gasteiger partial charge in [-0.1, -0.05) is 0 Å². The maximum atomic E-state index is 3.66. The van der Waals surface area contributed by atoms with Crippen molar-refractivity contribution in [3.63, 3.8) is 0 Å². The molecule has 3 heteroatoms. The van der Waals surface area contributed by atoms with Crippen LogP contribution in [-0.2, 0) is 0 Å². The van der Waals surface area contributed by atoms with Crippen LogP contribution in [0.5, 0.6) is 0 Å². The van der Waals surface area contributed by atoms with Gasteiger partial charge in [0.15, 0.2) is 0 Å². The van der Waals surface area contributed by atoms with Gasteiger partial charge in [0, 0.05) is 29.5 Å². The van der Waals surface area contributed by atoms with Crippen molar-refractivity contribution < 1.29 is 0 Å². The zero-order valence-electron chi connectivity index (χ0n) is 11.4. The Morgan fingerprint density at radius 2 is 2.18 bits per heavy atom. The standard InChI is InChI=1S/C14H24N2S/c1-10-7-8-17-14(10)12(3)15-9-11(2)16(4)13-5-6-13/h7-8,11-13,15H,5-6,9H2,1-4H3. The van der Waals surface area contributed by atoms with Crippen molar-refractivity contribution in [2.45, 2.75) is 51.7 Å². The monoisotopic (exact) mass is 252 g/mol. The molecular formula is C14H24N2S. The van der Waals surface area contributed by atoms with Gasteiger partial charge in [-0.2, -0.15) is 0 Å². The van der Waals surface area contributed by atoms with E-state index in [0.29, 0.717) is 12.1 Å². The number of nitrogens with one attached hydrogen (secondary N) is 1. The van der Waals surface area contributed by atoms with Crippen molar-refractivity contribution in [3.05, 3.63) is 21.9 Å². The van der Waals surface area contributed by atoms with E-state index < -0.39 is 0 Å². The van der Waals surface area contributed by atoms with E-state index >= 15 is 0 Å². The Kier molecular flexibility index (Phi) is 4.23. The quantitative estimate of drug-likeness (QED) is 0.836. The van der Waals surface area contributed by atoms with Crippen molar-refractivity contribution in [1.82, 2.24) is 10.2 Å². The molecule has 17 heavy (non-hydrogen) atoms. The van der Waals surface area contributed by atoms with Gasteiger partial charge in [-0.05, 0) is 57.7 Å². The van der Waals surface area contributed by atoms with Crippen molar-refractivity contribution >= 4 is 11.3 Å². The summed E-state index contributed by atoms with van der Waals surface area (Å²) < 4.78 is 0.